The number of aromatic nitrogens is 1. The van der Waals surface area contributed by atoms with Gasteiger partial charge in [0.2, 0.25) is 0 Å². The number of hydrogen-bond acceptors (Lipinski definition) is 2. The van der Waals surface area contributed by atoms with Crippen LogP contribution in [0, 0.1) is 13.8 Å². The summed E-state index contributed by atoms with van der Waals surface area (Å²) < 4.78 is 1.06. The van der Waals surface area contributed by atoms with Crippen LogP contribution in [0.4, 0.5) is 0 Å². The predicted octanol–water partition coefficient (Wildman–Crippen LogP) is 3.74. The molecule has 1 aromatic carbocycles. The minimum atomic E-state index is -0.509. The zero-order valence-electron chi connectivity index (χ0n) is 10.5. The van der Waals surface area contributed by atoms with Crippen LogP contribution in [-0.2, 0) is 6.42 Å². The van der Waals surface area contributed by atoms with Crippen molar-refractivity contribution in [1.29, 1.82) is 0 Å². The molecular formula is C15H16BrNO. The van der Waals surface area contributed by atoms with Crippen LogP contribution in [0.5, 0.6) is 0 Å². The van der Waals surface area contributed by atoms with Crippen LogP contribution < -0.4 is 0 Å². The molecule has 1 heterocycles. The molecule has 1 aromatic heterocycles. The van der Waals surface area contributed by atoms with Gasteiger partial charge in [0.05, 0.1) is 6.10 Å². The second kappa shape index (κ2) is 5.63. The van der Waals surface area contributed by atoms with Gasteiger partial charge in [-0.05, 0) is 42.7 Å². The molecule has 1 atom stereocenters. The van der Waals surface area contributed by atoms with E-state index in [0.717, 1.165) is 26.9 Å². The fourth-order valence-electron chi connectivity index (χ4n) is 1.91. The van der Waals surface area contributed by atoms with Crippen LogP contribution >= 0.6 is 15.9 Å². The van der Waals surface area contributed by atoms with E-state index in [1.54, 1.807) is 6.20 Å². The number of aliphatic hydroxyl groups is 1. The lowest BCUT2D eigenvalue weighted by Gasteiger charge is -2.13. The van der Waals surface area contributed by atoms with Gasteiger partial charge in [-0.15, -0.1) is 0 Å². The molecule has 0 bridgehead atoms. The fraction of sp³-hybridized carbons (Fsp3) is 0.267. The maximum atomic E-state index is 10.3. The molecule has 1 N–H and O–H groups in total. The summed E-state index contributed by atoms with van der Waals surface area (Å²) in [6.07, 6.45) is 1.81. The molecule has 0 radical (unpaired) electrons. The van der Waals surface area contributed by atoms with Crippen molar-refractivity contribution < 1.29 is 5.11 Å². The third-order valence-electron chi connectivity index (χ3n) is 3.07. The van der Waals surface area contributed by atoms with E-state index in [-0.39, 0.29) is 0 Å². The summed E-state index contributed by atoms with van der Waals surface area (Å²) in [5, 5.41) is 10.3. The minimum absolute atomic E-state index is 0.509. The summed E-state index contributed by atoms with van der Waals surface area (Å²) in [5.41, 5.74) is 4.13. The van der Waals surface area contributed by atoms with Gasteiger partial charge in [-0.1, -0.05) is 34.1 Å². The molecule has 0 aliphatic heterocycles. The van der Waals surface area contributed by atoms with E-state index >= 15 is 0 Å². The molecule has 0 saturated heterocycles. The summed E-state index contributed by atoms with van der Waals surface area (Å²) in [5.74, 6) is 0. The number of aryl methyl sites for hydroxylation is 2. The summed E-state index contributed by atoms with van der Waals surface area (Å²) in [6, 6.07) is 9.85. The Hall–Kier alpha value is -1.19. The van der Waals surface area contributed by atoms with Crippen LogP contribution in [0.15, 0.2) is 41.0 Å². The summed E-state index contributed by atoms with van der Waals surface area (Å²) in [7, 11) is 0. The summed E-state index contributed by atoms with van der Waals surface area (Å²) in [4.78, 5) is 4.31. The molecule has 0 aliphatic rings. The average Bonchev–Trinajstić information content (AvgIpc) is 2.35. The van der Waals surface area contributed by atoms with Gasteiger partial charge in [0.1, 0.15) is 0 Å². The van der Waals surface area contributed by atoms with Crippen molar-refractivity contribution in [2.45, 2.75) is 26.4 Å². The van der Waals surface area contributed by atoms with Crippen molar-refractivity contribution >= 4 is 15.9 Å². The molecule has 0 aliphatic carbocycles. The highest BCUT2D eigenvalue weighted by Gasteiger charge is 2.11. The highest BCUT2D eigenvalue weighted by molar-refractivity contribution is 9.10. The van der Waals surface area contributed by atoms with Crippen molar-refractivity contribution in [2.75, 3.05) is 0 Å². The molecule has 2 aromatic rings. The standard InChI is InChI=1S/C15H16BrNO/c1-10-4-3-7-17-14(10)9-15(18)12-5-6-13(16)11(2)8-12/h3-8,15,18H,9H2,1-2H3. The van der Waals surface area contributed by atoms with Gasteiger partial charge in [0.15, 0.2) is 0 Å². The third-order valence-corrected chi connectivity index (χ3v) is 3.96. The quantitative estimate of drug-likeness (QED) is 0.937. The van der Waals surface area contributed by atoms with Crippen LogP contribution in [0.2, 0.25) is 0 Å². The third kappa shape index (κ3) is 2.98. The van der Waals surface area contributed by atoms with Crippen molar-refractivity contribution in [3.05, 3.63) is 63.4 Å². The first-order chi connectivity index (χ1) is 8.58. The highest BCUT2D eigenvalue weighted by Crippen LogP contribution is 2.23. The molecule has 0 spiro atoms. The van der Waals surface area contributed by atoms with Crippen molar-refractivity contribution in [2.24, 2.45) is 0 Å². The van der Waals surface area contributed by atoms with Gasteiger partial charge in [0.25, 0.3) is 0 Å². The maximum absolute atomic E-state index is 10.3. The molecule has 1 unspecified atom stereocenters. The molecule has 0 fully saturated rings. The first kappa shape index (κ1) is 13.2. The van der Waals surface area contributed by atoms with E-state index in [1.165, 1.54) is 0 Å². The van der Waals surface area contributed by atoms with Gasteiger partial charge in [-0.25, -0.2) is 0 Å². The van der Waals surface area contributed by atoms with E-state index in [0.29, 0.717) is 6.42 Å². The van der Waals surface area contributed by atoms with E-state index in [2.05, 4.69) is 20.9 Å². The van der Waals surface area contributed by atoms with Gasteiger partial charge in [-0.3, -0.25) is 4.98 Å². The number of halogens is 1. The number of aliphatic hydroxyl groups excluding tert-OH is 1. The van der Waals surface area contributed by atoms with Crippen LogP contribution in [-0.4, -0.2) is 10.1 Å². The normalized spacial score (nSPS) is 12.4. The highest BCUT2D eigenvalue weighted by atomic mass is 79.9. The number of hydrogen-bond donors (Lipinski definition) is 1. The van der Waals surface area contributed by atoms with Crippen LogP contribution in [0.25, 0.3) is 0 Å². The Bertz CT molecular complexity index is 554. The molecule has 2 nitrogen and oxygen atoms in total. The summed E-state index contributed by atoms with van der Waals surface area (Å²) >= 11 is 3.46. The molecule has 2 rings (SSSR count). The molecular weight excluding hydrogens is 290 g/mol. The number of benzene rings is 1. The Balaban J connectivity index is 2.19. The van der Waals surface area contributed by atoms with E-state index < -0.39 is 6.10 Å². The first-order valence-electron chi connectivity index (χ1n) is 5.92. The monoisotopic (exact) mass is 305 g/mol. The largest absolute Gasteiger partial charge is 0.388 e. The smallest absolute Gasteiger partial charge is 0.0845 e. The zero-order valence-corrected chi connectivity index (χ0v) is 12.1. The Labute approximate surface area is 116 Å². The number of rotatable bonds is 3. The van der Waals surface area contributed by atoms with E-state index in [9.17, 15) is 5.11 Å². The number of nitrogens with zero attached hydrogens (tertiary/aromatic N) is 1. The lowest BCUT2D eigenvalue weighted by molar-refractivity contribution is 0.177. The van der Waals surface area contributed by atoms with Crippen molar-refractivity contribution in [1.82, 2.24) is 4.98 Å². The molecule has 3 heteroatoms. The summed E-state index contributed by atoms with van der Waals surface area (Å²) in [6.45, 7) is 4.04. The Morgan fingerprint density at radius 2 is 2.00 bits per heavy atom. The van der Waals surface area contributed by atoms with Crippen LogP contribution in [0.3, 0.4) is 0 Å². The van der Waals surface area contributed by atoms with Gasteiger partial charge in [0, 0.05) is 22.8 Å². The molecule has 94 valence electrons. The van der Waals surface area contributed by atoms with Crippen molar-refractivity contribution in [3.63, 3.8) is 0 Å². The number of pyridine rings is 1. The van der Waals surface area contributed by atoms with Gasteiger partial charge < -0.3 is 5.11 Å². The lowest BCUT2D eigenvalue weighted by atomic mass is 10.0. The fourth-order valence-corrected chi connectivity index (χ4v) is 2.15. The Kier molecular flexibility index (Phi) is 4.15. The average molecular weight is 306 g/mol. The molecule has 18 heavy (non-hydrogen) atoms. The predicted molar refractivity (Wildman–Crippen MR) is 76.5 cm³/mol. The van der Waals surface area contributed by atoms with Gasteiger partial charge >= 0.3 is 0 Å². The molecule has 0 amide bonds. The maximum Gasteiger partial charge on any atom is 0.0845 e. The first-order valence-corrected chi connectivity index (χ1v) is 6.72. The van der Waals surface area contributed by atoms with Crippen LogP contribution in [0.1, 0.15) is 28.5 Å². The second-order valence-corrected chi connectivity index (χ2v) is 5.35. The SMILES string of the molecule is Cc1cc(C(O)Cc2ncccc2C)ccc1Br. The topological polar surface area (TPSA) is 33.1 Å². The van der Waals surface area contributed by atoms with Gasteiger partial charge in [-0.2, -0.15) is 0 Å². The Morgan fingerprint density at radius 3 is 2.67 bits per heavy atom. The minimum Gasteiger partial charge on any atom is -0.388 e. The zero-order chi connectivity index (χ0) is 13.1. The van der Waals surface area contributed by atoms with E-state index in [1.807, 2.05) is 44.2 Å². The second-order valence-electron chi connectivity index (χ2n) is 4.50. The van der Waals surface area contributed by atoms with E-state index in [4.69, 9.17) is 0 Å². The molecule has 0 saturated carbocycles. The Morgan fingerprint density at radius 1 is 1.22 bits per heavy atom. The lowest BCUT2D eigenvalue weighted by Crippen LogP contribution is -2.05. The van der Waals surface area contributed by atoms with Crippen molar-refractivity contribution in [3.8, 4) is 0 Å².